The van der Waals surface area contributed by atoms with Gasteiger partial charge in [0.05, 0.1) is 18.1 Å². The first-order valence-corrected chi connectivity index (χ1v) is 10.1. The fourth-order valence-electron chi connectivity index (χ4n) is 2.44. The Hall–Kier alpha value is -1.48. The van der Waals surface area contributed by atoms with E-state index in [0.717, 1.165) is 19.5 Å². The van der Waals surface area contributed by atoms with Crippen LogP contribution in [0.2, 0.25) is 0 Å². The molecule has 0 radical (unpaired) electrons. The van der Waals surface area contributed by atoms with Crippen molar-refractivity contribution in [2.75, 3.05) is 39.4 Å². The van der Waals surface area contributed by atoms with Gasteiger partial charge in [0.25, 0.3) is 5.91 Å². The zero-order chi connectivity index (χ0) is 18.3. The summed E-state index contributed by atoms with van der Waals surface area (Å²) in [5.74, 6) is -0.196. The maximum atomic E-state index is 12.3. The molecular weight excluding hydrogens is 342 g/mol. The molecule has 0 bridgehead atoms. The van der Waals surface area contributed by atoms with E-state index in [0.29, 0.717) is 31.9 Å². The van der Waals surface area contributed by atoms with Crippen molar-refractivity contribution in [2.24, 2.45) is 0 Å². The van der Waals surface area contributed by atoms with Gasteiger partial charge in [0.2, 0.25) is 10.0 Å². The van der Waals surface area contributed by atoms with E-state index in [1.807, 2.05) is 13.8 Å². The van der Waals surface area contributed by atoms with Crippen molar-refractivity contribution in [3.05, 3.63) is 29.8 Å². The first-order valence-electron chi connectivity index (χ1n) is 8.63. The predicted molar refractivity (Wildman–Crippen MR) is 96.1 cm³/mol. The molecule has 1 fully saturated rings. The number of rotatable bonds is 8. The lowest BCUT2D eigenvalue weighted by Gasteiger charge is -2.26. The molecule has 140 valence electrons. The standard InChI is InChI=1S/C17H27N3O4S/c1-3-14(2)19-17(21)15-4-6-16(7-5-15)25(22,23)18-8-9-20-10-12-24-13-11-20/h4-7,14,18H,3,8-13H2,1-2H3,(H,19,21). The Morgan fingerprint density at radius 1 is 1.24 bits per heavy atom. The van der Waals surface area contributed by atoms with Gasteiger partial charge in [0.15, 0.2) is 0 Å². The summed E-state index contributed by atoms with van der Waals surface area (Å²) in [6.07, 6.45) is 0.839. The summed E-state index contributed by atoms with van der Waals surface area (Å²) < 4.78 is 32.5. The molecule has 8 heteroatoms. The van der Waals surface area contributed by atoms with Crippen LogP contribution in [0.3, 0.4) is 0 Å². The Morgan fingerprint density at radius 2 is 1.88 bits per heavy atom. The molecule has 0 saturated carbocycles. The zero-order valence-corrected chi connectivity index (χ0v) is 15.6. The van der Waals surface area contributed by atoms with Crippen molar-refractivity contribution in [1.29, 1.82) is 0 Å². The maximum absolute atomic E-state index is 12.3. The molecule has 1 unspecified atom stereocenters. The minimum absolute atomic E-state index is 0.0813. The van der Waals surface area contributed by atoms with Crippen LogP contribution in [-0.4, -0.2) is 64.7 Å². The molecule has 0 aliphatic carbocycles. The van der Waals surface area contributed by atoms with Crippen LogP contribution in [-0.2, 0) is 14.8 Å². The lowest BCUT2D eigenvalue weighted by Crippen LogP contribution is -2.41. The minimum Gasteiger partial charge on any atom is -0.379 e. The van der Waals surface area contributed by atoms with Crippen molar-refractivity contribution in [3.8, 4) is 0 Å². The molecule has 1 aromatic rings. The quantitative estimate of drug-likeness (QED) is 0.709. The third-order valence-corrected chi connectivity index (χ3v) is 5.72. The van der Waals surface area contributed by atoms with Crippen LogP contribution >= 0.6 is 0 Å². The summed E-state index contributed by atoms with van der Waals surface area (Å²) in [5.41, 5.74) is 0.451. The Morgan fingerprint density at radius 3 is 2.48 bits per heavy atom. The van der Waals surface area contributed by atoms with Gasteiger partial charge < -0.3 is 10.1 Å². The van der Waals surface area contributed by atoms with Crippen LogP contribution in [0.25, 0.3) is 0 Å². The molecule has 1 heterocycles. The van der Waals surface area contributed by atoms with Crippen LogP contribution < -0.4 is 10.0 Å². The number of morpholine rings is 1. The van der Waals surface area contributed by atoms with E-state index in [1.165, 1.54) is 24.3 Å². The molecule has 0 aromatic heterocycles. The number of benzene rings is 1. The van der Waals surface area contributed by atoms with Gasteiger partial charge in [-0.1, -0.05) is 6.92 Å². The van der Waals surface area contributed by atoms with Crippen LogP contribution in [0, 0.1) is 0 Å². The molecule has 1 amide bonds. The summed E-state index contributed by atoms with van der Waals surface area (Å²) in [5, 5.41) is 2.85. The number of carbonyl (C=O) groups excluding carboxylic acids is 1. The van der Waals surface area contributed by atoms with Crippen LogP contribution in [0.1, 0.15) is 30.6 Å². The summed E-state index contributed by atoms with van der Waals surface area (Å²) in [4.78, 5) is 14.4. The second-order valence-electron chi connectivity index (χ2n) is 6.16. The highest BCUT2D eigenvalue weighted by atomic mass is 32.2. The number of hydrogen-bond donors (Lipinski definition) is 2. The average molecular weight is 369 g/mol. The van der Waals surface area contributed by atoms with Gasteiger partial charge in [0.1, 0.15) is 0 Å². The van der Waals surface area contributed by atoms with Crippen molar-refractivity contribution in [1.82, 2.24) is 14.9 Å². The molecule has 25 heavy (non-hydrogen) atoms. The van der Waals surface area contributed by atoms with Crippen molar-refractivity contribution < 1.29 is 17.9 Å². The highest BCUT2D eigenvalue weighted by Crippen LogP contribution is 2.11. The third-order valence-electron chi connectivity index (χ3n) is 4.24. The maximum Gasteiger partial charge on any atom is 0.251 e. The lowest BCUT2D eigenvalue weighted by atomic mass is 10.2. The van der Waals surface area contributed by atoms with Crippen molar-refractivity contribution >= 4 is 15.9 Å². The van der Waals surface area contributed by atoms with Gasteiger partial charge in [-0.05, 0) is 37.6 Å². The van der Waals surface area contributed by atoms with E-state index < -0.39 is 10.0 Å². The second kappa shape index (κ2) is 9.28. The number of carbonyl (C=O) groups is 1. The van der Waals surface area contributed by atoms with E-state index in [1.54, 1.807) is 0 Å². The topological polar surface area (TPSA) is 87.7 Å². The Labute approximate surface area is 149 Å². The minimum atomic E-state index is -3.57. The predicted octanol–water partition coefficient (Wildman–Crippen LogP) is 0.825. The van der Waals surface area contributed by atoms with Crippen LogP contribution in [0.4, 0.5) is 0 Å². The van der Waals surface area contributed by atoms with Gasteiger partial charge in [-0.25, -0.2) is 13.1 Å². The summed E-state index contributed by atoms with van der Waals surface area (Å²) in [6, 6.07) is 6.08. The van der Waals surface area contributed by atoms with Gasteiger partial charge >= 0.3 is 0 Å². The highest BCUT2D eigenvalue weighted by Gasteiger charge is 2.16. The average Bonchev–Trinajstić information content (AvgIpc) is 2.62. The molecule has 1 aliphatic heterocycles. The largest absolute Gasteiger partial charge is 0.379 e. The molecule has 0 spiro atoms. The molecule has 1 aromatic carbocycles. The van der Waals surface area contributed by atoms with Crippen LogP contribution in [0.15, 0.2) is 29.2 Å². The smallest absolute Gasteiger partial charge is 0.251 e. The van der Waals surface area contributed by atoms with E-state index in [2.05, 4.69) is 14.9 Å². The van der Waals surface area contributed by atoms with E-state index in [9.17, 15) is 13.2 Å². The number of hydrogen-bond acceptors (Lipinski definition) is 5. The fourth-order valence-corrected chi connectivity index (χ4v) is 3.46. The SMILES string of the molecule is CCC(C)NC(=O)c1ccc(S(=O)(=O)NCCN2CCOCC2)cc1. The highest BCUT2D eigenvalue weighted by molar-refractivity contribution is 7.89. The van der Waals surface area contributed by atoms with Crippen LogP contribution in [0.5, 0.6) is 0 Å². The molecule has 7 nitrogen and oxygen atoms in total. The third kappa shape index (κ3) is 6.07. The van der Waals surface area contributed by atoms with Gasteiger partial charge in [-0.3, -0.25) is 9.69 Å². The van der Waals surface area contributed by atoms with E-state index >= 15 is 0 Å². The normalized spacial score (nSPS) is 17.2. The molecule has 2 N–H and O–H groups in total. The summed E-state index contributed by atoms with van der Waals surface area (Å²) >= 11 is 0. The van der Waals surface area contributed by atoms with E-state index in [4.69, 9.17) is 4.74 Å². The van der Waals surface area contributed by atoms with Crippen molar-refractivity contribution in [3.63, 3.8) is 0 Å². The number of nitrogens with zero attached hydrogens (tertiary/aromatic N) is 1. The summed E-state index contributed by atoms with van der Waals surface area (Å²) in [7, 11) is -3.57. The fraction of sp³-hybridized carbons (Fsp3) is 0.588. The van der Waals surface area contributed by atoms with Gasteiger partial charge in [-0.15, -0.1) is 0 Å². The number of ether oxygens (including phenoxy) is 1. The lowest BCUT2D eigenvalue weighted by molar-refractivity contribution is 0.0390. The number of nitrogens with one attached hydrogen (secondary N) is 2. The Kier molecular flexibility index (Phi) is 7.37. The molecular formula is C17H27N3O4S. The molecule has 1 atom stereocenters. The Bertz CT molecular complexity index is 655. The first kappa shape index (κ1) is 19.8. The number of sulfonamides is 1. The van der Waals surface area contributed by atoms with E-state index in [-0.39, 0.29) is 16.8 Å². The Balaban J connectivity index is 1.89. The summed E-state index contributed by atoms with van der Waals surface area (Å²) in [6.45, 7) is 7.93. The molecule has 1 saturated heterocycles. The van der Waals surface area contributed by atoms with Gasteiger partial charge in [0, 0.05) is 37.8 Å². The first-order chi connectivity index (χ1) is 11.9. The molecule has 2 rings (SSSR count). The van der Waals surface area contributed by atoms with Gasteiger partial charge in [-0.2, -0.15) is 0 Å². The van der Waals surface area contributed by atoms with Crippen molar-refractivity contribution in [2.45, 2.75) is 31.2 Å². The monoisotopic (exact) mass is 369 g/mol. The zero-order valence-electron chi connectivity index (χ0n) is 14.8. The second-order valence-corrected chi connectivity index (χ2v) is 7.93. The number of amides is 1. The molecule has 1 aliphatic rings.